The minimum Gasteiger partial charge on any atom is -0.341 e. The smallest absolute Gasteiger partial charge is 0.253 e. The maximum atomic E-state index is 12.8. The molecule has 1 aliphatic rings. The van der Waals surface area contributed by atoms with E-state index in [9.17, 15) is 4.79 Å². The van der Waals surface area contributed by atoms with Crippen LogP contribution in [0, 0.1) is 5.92 Å². The summed E-state index contributed by atoms with van der Waals surface area (Å²) in [6.07, 6.45) is 9.15. The van der Waals surface area contributed by atoms with Gasteiger partial charge < -0.3 is 4.90 Å². The normalized spacial score (nSPS) is 14.3. The number of aromatic nitrogens is 5. The highest BCUT2D eigenvalue weighted by Gasteiger charge is 2.22. The van der Waals surface area contributed by atoms with E-state index in [0.29, 0.717) is 22.6 Å². The number of carbonyl (C=O) groups excluding carboxylic acids is 1. The quantitative estimate of drug-likeness (QED) is 0.537. The van der Waals surface area contributed by atoms with Crippen molar-refractivity contribution < 1.29 is 4.79 Å². The van der Waals surface area contributed by atoms with E-state index >= 15 is 0 Å². The third-order valence-electron chi connectivity index (χ3n) is 5.66. The van der Waals surface area contributed by atoms with E-state index in [-0.39, 0.29) is 5.91 Å². The Morgan fingerprint density at radius 2 is 2.03 bits per heavy atom. The first kappa shape index (κ1) is 17.7. The Labute approximate surface area is 168 Å². The summed E-state index contributed by atoms with van der Waals surface area (Å²) in [6.45, 7) is 0.819. The molecule has 3 aromatic heterocycles. The number of nitrogens with zero attached hydrogens (tertiary/aromatic N) is 6. The fraction of sp³-hybridized carbons (Fsp3) is 0.318. The van der Waals surface area contributed by atoms with Gasteiger partial charge in [0.25, 0.3) is 5.91 Å². The summed E-state index contributed by atoms with van der Waals surface area (Å²) < 4.78 is 1.74. The first-order valence-electron chi connectivity index (χ1n) is 9.89. The van der Waals surface area contributed by atoms with Gasteiger partial charge in [-0.2, -0.15) is 5.10 Å². The number of amides is 1. The highest BCUT2D eigenvalue weighted by molar-refractivity contribution is 5.97. The van der Waals surface area contributed by atoms with Gasteiger partial charge in [-0.05, 0) is 43.0 Å². The lowest BCUT2D eigenvalue weighted by atomic mass is 9.85. The Balaban J connectivity index is 1.47. The molecule has 5 rings (SSSR count). The Kier molecular flexibility index (Phi) is 4.23. The van der Waals surface area contributed by atoms with Crippen molar-refractivity contribution in [3.63, 3.8) is 0 Å². The second kappa shape index (κ2) is 6.92. The fourth-order valence-corrected chi connectivity index (χ4v) is 3.82. The van der Waals surface area contributed by atoms with Crippen molar-refractivity contribution in [1.29, 1.82) is 0 Å². The number of hydrogen-bond donors (Lipinski definition) is 0. The summed E-state index contributed by atoms with van der Waals surface area (Å²) >= 11 is 0. The molecule has 1 fully saturated rings. The van der Waals surface area contributed by atoms with E-state index in [1.165, 1.54) is 19.3 Å². The van der Waals surface area contributed by atoms with Gasteiger partial charge in [-0.1, -0.05) is 6.42 Å². The Bertz CT molecular complexity index is 1230. The number of pyridine rings is 1. The molecule has 0 unspecified atom stereocenters. The van der Waals surface area contributed by atoms with Crippen molar-refractivity contribution in [3.05, 3.63) is 48.4 Å². The maximum absolute atomic E-state index is 12.8. The van der Waals surface area contributed by atoms with Crippen LogP contribution in [0.1, 0.15) is 29.6 Å². The zero-order valence-electron chi connectivity index (χ0n) is 16.5. The minimum absolute atomic E-state index is 0.0319. The van der Waals surface area contributed by atoms with Crippen LogP contribution >= 0.6 is 0 Å². The number of rotatable bonds is 4. The standard InChI is InChI=1S/C22H22N6O/c1-27(12-14-4-3-5-14)22(29)15-6-7-18-19(9-15)25-20(11-23-18)16-8-17-13-28(2)26-21(17)24-10-16/h6-11,13-14H,3-5,12H2,1-2H3. The predicted molar refractivity (Wildman–Crippen MR) is 111 cm³/mol. The average molecular weight is 386 g/mol. The van der Waals surface area contributed by atoms with Crippen molar-refractivity contribution in [2.45, 2.75) is 19.3 Å². The van der Waals surface area contributed by atoms with Crippen molar-refractivity contribution in [2.75, 3.05) is 13.6 Å². The molecule has 0 bridgehead atoms. The lowest BCUT2D eigenvalue weighted by Crippen LogP contribution is -2.34. The topological polar surface area (TPSA) is 76.8 Å². The molecule has 1 amide bonds. The van der Waals surface area contributed by atoms with Crippen LogP contribution in [0.3, 0.4) is 0 Å². The van der Waals surface area contributed by atoms with Gasteiger partial charge in [0.1, 0.15) is 0 Å². The maximum Gasteiger partial charge on any atom is 0.253 e. The minimum atomic E-state index is 0.0319. The molecule has 7 heteroatoms. The highest BCUT2D eigenvalue weighted by atomic mass is 16.2. The molecule has 0 aliphatic heterocycles. The van der Waals surface area contributed by atoms with Gasteiger partial charge in [-0.3, -0.25) is 14.5 Å². The molecule has 3 heterocycles. The summed E-state index contributed by atoms with van der Waals surface area (Å²) in [7, 11) is 3.75. The van der Waals surface area contributed by atoms with Gasteiger partial charge >= 0.3 is 0 Å². The summed E-state index contributed by atoms with van der Waals surface area (Å²) in [6, 6.07) is 7.53. The molecular formula is C22H22N6O. The zero-order valence-corrected chi connectivity index (χ0v) is 16.5. The molecule has 4 aromatic rings. The lowest BCUT2D eigenvalue weighted by molar-refractivity contribution is 0.0745. The van der Waals surface area contributed by atoms with Gasteiger partial charge in [-0.25, -0.2) is 9.97 Å². The molecule has 7 nitrogen and oxygen atoms in total. The van der Waals surface area contributed by atoms with Crippen LogP contribution in [0.2, 0.25) is 0 Å². The number of carbonyl (C=O) groups is 1. The van der Waals surface area contributed by atoms with Gasteiger partial charge in [0, 0.05) is 49.5 Å². The second-order valence-electron chi connectivity index (χ2n) is 7.88. The predicted octanol–water partition coefficient (Wildman–Crippen LogP) is 3.45. The van der Waals surface area contributed by atoms with Crippen LogP contribution < -0.4 is 0 Å². The molecule has 0 N–H and O–H groups in total. The van der Waals surface area contributed by atoms with Crippen LogP contribution in [-0.4, -0.2) is 49.1 Å². The van der Waals surface area contributed by atoms with Crippen molar-refractivity contribution in [1.82, 2.24) is 29.6 Å². The van der Waals surface area contributed by atoms with Gasteiger partial charge in [-0.15, -0.1) is 0 Å². The van der Waals surface area contributed by atoms with Crippen LogP contribution in [0.5, 0.6) is 0 Å². The molecule has 1 aliphatic carbocycles. The van der Waals surface area contributed by atoms with Crippen molar-refractivity contribution in [2.24, 2.45) is 13.0 Å². The van der Waals surface area contributed by atoms with E-state index in [0.717, 1.165) is 28.7 Å². The Hall–Kier alpha value is -3.35. The number of benzene rings is 1. The summed E-state index contributed by atoms with van der Waals surface area (Å²) in [5.41, 5.74) is 4.42. The summed E-state index contributed by atoms with van der Waals surface area (Å²) in [4.78, 5) is 28.3. The number of aryl methyl sites for hydroxylation is 1. The molecule has 0 radical (unpaired) electrons. The molecular weight excluding hydrogens is 364 g/mol. The first-order valence-corrected chi connectivity index (χ1v) is 9.89. The van der Waals surface area contributed by atoms with Crippen LogP contribution in [-0.2, 0) is 7.05 Å². The molecule has 0 atom stereocenters. The summed E-state index contributed by atoms with van der Waals surface area (Å²) in [5.74, 6) is 0.676. The van der Waals surface area contributed by atoms with E-state index < -0.39 is 0 Å². The van der Waals surface area contributed by atoms with Gasteiger partial charge in [0.2, 0.25) is 0 Å². The number of fused-ring (bicyclic) bond motifs is 2. The molecule has 0 spiro atoms. The lowest BCUT2D eigenvalue weighted by Gasteiger charge is -2.30. The molecule has 146 valence electrons. The van der Waals surface area contributed by atoms with Gasteiger partial charge in [0.05, 0.1) is 22.9 Å². The fourth-order valence-electron chi connectivity index (χ4n) is 3.82. The molecule has 1 saturated carbocycles. The third kappa shape index (κ3) is 3.33. The van der Waals surface area contributed by atoms with E-state index in [1.807, 2.05) is 49.5 Å². The van der Waals surface area contributed by atoms with E-state index in [4.69, 9.17) is 4.98 Å². The Morgan fingerprint density at radius 3 is 2.83 bits per heavy atom. The van der Waals surface area contributed by atoms with E-state index in [1.54, 1.807) is 17.1 Å². The molecule has 0 saturated heterocycles. The zero-order chi connectivity index (χ0) is 20.0. The van der Waals surface area contributed by atoms with Crippen molar-refractivity contribution >= 4 is 28.0 Å². The largest absolute Gasteiger partial charge is 0.341 e. The third-order valence-corrected chi connectivity index (χ3v) is 5.66. The van der Waals surface area contributed by atoms with E-state index in [2.05, 4.69) is 15.1 Å². The van der Waals surface area contributed by atoms with Crippen molar-refractivity contribution in [3.8, 4) is 11.3 Å². The summed E-state index contributed by atoms with van der Waals surface area (Å²) in [5, 5.41) is 5.26. The Morgan fingerprint density at radius 1 is 1.17 bits per heavy atom. The van der Waals surface area contributed by atoms with Crippen LogP contribution in [0.15, 0.2) is 42.9 Å². The second-order valence-corrected chi connectivity index (χ2v) is 7.88. The molecule has 29 heavy (non-hydrogen) atoms. The highest BCUT2D eigenvalue weighted by Crippen LogP contribution is 2.27. The monoisotopic (exact) mass is 386 g/mol. The average Bonchev–Trinajstić information content (AvgIpc) is 3.08. The van der Waals surface area contributed by atoms with Crippen LogP contribution in [0.4, 0.5) is 0 Å². The number of hydrogen-bond acceptors (Lipinski definition) is 5. The first-order chi connectivity index (χ1) is 14.1. The molecule has 1 aromatic carbocycles. The van der Waals surface area contributed by atoms with Gasteiger partial charge in [0.15, 0.2) is 5.65 Å². The SMILES string of the molecule is CN(CC1CCC1)C(=O)c1ccc2ncc(-c3cnc4nn(C)cc4c3)nc2c1. The van der Waals surface area contributed by atoms with Crippen LogP contribution in [0.25, 0.3) is 33.3 Å².